The first-order valence-electron chi connectivity index (χ1n) is 8.60. The van der Waals surface area contributed by atoms with Gasteiger partial charge in [-0.15, -0.1) is 12.4 Å². The van der Waals surface area contributed by atoms with Crippen molar-refractivity contribution in [3.05, 3.63) is 54.5 Å². The minimum absolute atomic E-state index is 0. The minimum atomic E-state index is 0. The third-order valence-electron chi connectivity index (χ3n) is 4.76. The van der Waals surface area contributed by atoms with E-state index in [1.54, 1.807) is 12.4 Å². The Morgan fingerprint density at radius 2 is 1.80 bits per heavy atom. The van der Waals surface area contributed by atoms with E-state index in [1.807, 2.05) is 0 Å². The number of nitrogens with zero attached hydrogens (tertiary/aromatic N) is 4. The summed E-state index contributed by atoms with van der Waals surface area (Å²) in [5.41, 5.74) is 2.67. The van der Waals surface area contributed by atoms with Gasteiger partial charge in [0.05, 0.1) is 0 Å². The molecule has 0 unspecified atom stereocenters. The van der Waals surface area contributed by atoms with E-state index in [1.165, 1.54) is 22.9 Å². The number of para-hydroxylation sites is 1. The molecule has 1 saturated heterocycles. The average molecular weight is 409 g/mol. The summed E-state index contributed by atoms with van der Waals surface area (Å²) in [4.78, 5) is 16.7. The van der Waals surface area contributed by atoms with Gasteiger partial charge in [-0.1, -0.05) is 18.2 Å². The van der Waals surface area contributed by atoms with Gasteiger partial charge in [0.25, 0.3) is 0 Å². The van der Waals surface area contributed by atoms with Crippen molar-refractivity contribution >= 4 is 16.9 Å². The second-order valence-corrected chi connectivity index (χ2v) is 6.27. The van der Waals surface area contributed by atoms with Crippen LogP contribution in [0.4, 0.5) is 5.95 Å². The van der Waals surface area contributed by atoms with Gasteiger partial charge in [0.15, 0.2) is 0 Å². The van der Waals surface area contributed by atoms with Gasteiger partial charge in [0.1, 0.15) is 0 Å². The summed E-state index contributed by atoms with van der Waals surface area (Å²) < 4.78 is 0. The Morgan fingerprint density at radius 3 is 2.60 bits per heavy atom. The number of rotatable bonds is 5. The second-order valence-electron chi connectivity index (χ2n) is 6.27. The predicted octanol–water partition coefficient (Wildman–Crippen LogP) is 2.51. The van der Waals surface area contributed by atoms with Gasteiger partial charge < -0.3 is 16.0 Å². The van der Waals surface area contributed by atoms with E-state index < -0.39 is 0 Å². The predicted molar refractivity (Wildman–Crippen MR) is 96.1 cm³/mol. The first-order valence-corrected chi connectivity index (χ1v) is 8.60. The average Bonchev–Trinajstić information content (AvgIpc) is 3.06. The number of H-pyrrole nitrogens is 1. The molecule has 1 N–H and O–H groups in total. The number of benzene rings is 1. The van der Waals surface area contributed by atoms with Crippen LogP contribution >= 0.6 is 0 Å². The van der Waals surface area contributed by atoms with Crippen molar-refractivity contribution in [3.63, 3.8) is 0 Å². The van der Waals surface area contributed by atoms with Crippen molar-refractivity contribution in [3.8, 4) is 0 Å². The Morgan fingerprint density at radius 1 is 1.04 bits per heavy atom. The summed E-state index contributed by atoms with van der Waals surface area (Å²) in [7, 11) is 0. The molecule has 0 amide bonds. The van der Waals surface area contributed by atoms with Gasteiger partial charge in [-0.25, -0.2) is 0 Å². The fourth-order valence-electron chi connectivity index (χ4n) is 3.42. The molecule has 4 rings (SSSR count). The van der Waals surface area contributed by atoms with Crippen molar-refractivity contribution in [2.75, 3.05) is 37.6 Å². The van der Waals surface area contributed by atoms with Crippen LogP contribution in [0.5, 0.6) is 0 Å². The van der Waals surface area contributed by atoms with Crippen LogP contribution in [-0.4, -0.2) is 52.6 Å². The van der Waals surface area contributed by atoms with Crippen LogP contribution in [-0.2, 0) is 39.1 Å². The van der Waals surface area contributed by atoms with E-state index in [-0.39, 0.29) is 32.7 Å². The Hall–Kier alpha value is -1.30. The summed E-state index contributed by atoms with van der Waals surface area (Å²) in [5, 5.41) is 1.36. The van der Waals surface area contributed by atoms with Crippen LogP contribution in [0.25, 0.3) is 10.9 Å². The van der Waals surface area contributed by atoms with Crippen molar-refractivity contribution in [1.29, 1.82) is 0 Å². The van der Waals surface area contributed by atoms with E-state index in [0.717, 1.165) is 45.1 Å². The topological polar surface area (TPSA) is 48.1 Å². The zero-order chi connectivity index (χ0) is 16.2. The molecule has 1 aliphatic heterocycles. The number of nitrogens with one attached hydrogen (secondary N) is 1. The smallest absolute Gasteiger partial charge is 0.219 e. The van der Waals surface area contributed by atoms with E-state index in [4.69, 9.17) is 0 Å². The Labute approximate surface area is 173 Å². The van der Waals surface area contributed by atoms with Gasteiger partial charge in [-0.05, 0) is 31.0 Å². The number of anilines is 1. The molecule has 0 atom stereocenters. The van der Waals surface area contributed by atoms with Gasteiger partial charge in [-0.3, -0.25) is 14.9 Å². The van der Waals surface area contributed by atoms with Crippen molar-refractivity contribution in [1.82, 2.24) is 19.9 Å². The number of aromatic amines is 1. The molecule has 6 heteroatoms. The number of aryl methyl sites for hydroxylation is 1. The third-order valence-corrected chi connectivity index (χ3v) is 4.76. The Bertz CT molecular complexity index is 781. The summed E-state index contributed by atoms with van der Waals surface area (Å²) >= 11 is 0. The first-order chi connectivity index (χ1) is 11.9. The molecule has 25 heavy (non-hydrogen) atoms. The van der Waals surface area contributed by atoms with Crippen LogP contribution < -0.4 is 4.90 Å². The minimum Gasteiger partial charge on any atom is -0.434 e. The van der Waals surface area contributed by atoms with Crippen molar-refractivity contribution in [2.45, 2.75) is 12.8 Å². The van der Waals surface area contributed by atoms with E-state index in [9.17, 15) is 0 Å². The van der Waals surface area contributed by atoms with Crippen molar-refractivity contribution in [2.24, 2.45) is 0 Å². The second kappa shape index (κ2) is 8.88. The van der Waals surface area contributed by atoms with Gasteiger partial charge in [-0.2, -0.15) is 0 Å². The van der Waals surface area contributed by atoms with Gasteiger partial charge in [0.2, 0.25) is 5.95 Å². The number of hydrogen-bond donors (Lipinski definition) is 1. The summed E-state index contributed by atoms with van der Waals surface area (Å²) in [6.07, 6.45) is 7.86. The third kappa shape index (κ3) is 4.46. The molecule has 3 heterocycles. The van der Waals surface area contributed by atoms with Gasteiger partial charge >= 0.3 is 0 Å². The summed E-state index contributed by atoms with van der Waals surface area (Å²) in [6, 6.07) is 11.4. The van der Waals surface area contributed by atoms with E-state index in [2.05, 4.69) is 61.3 Å². The molecule has 1 radical (unpaired) electrons. The Kier molecular flexibility index (Phi) is 6.57. The quantitative estimate of drug-likeness (QED) is 0.658. The number of fused-ring (bicyclic) bond motifs is 1. The molecule has 1 fully saturated rings. The zero-order valence-corrected chi connectivity index (χ0v) is 17.2. The first kappa shape index (κ1) is 18.5. The number of hydrogen-bond acceptors (Lipinski definition) is 4. The number of aromatic nitrogens is 3. The van der Waals surface area contributed by atoms with Crippen LogP contribution in [0.15, 0.2) is 42.9 Å². The maximum Gasteiger partial charge on any atom is 0.219 e. The molecule has 1 aromatic carbocycles. The fraction of sp³-hybridized carbons (Fsp3) is 0.368. The van der Waals surface area contributed by atoms with Crippen molar-refractivity contribution < 1.29 is 32.7 Å². The SMILES string of the molecule is [Y].[c-]1cnc(N2CCN(CCCc3c[nH]c4ccccc34)CC2)nc1. The molecular formula is C19H22N5Y-. The Balaban J connectivity index is 0.00000182. The van der Waals surface area contributed by atoms with E-state index in [0.29, 0.717) is 0 Å². The fourth-order valence-corrected chi connectivity index (χ4v) is 3.42. The molecule has 127 valence electrons. The number of piperazine rings is 1. The standard InChI is InChI=1S/C19H22N5.Y/c1-2-7-18-17(6-1)16(15-22-18)5-3-10-23-11-13-24(14-12-23)19-20-8-4-9-21-19;/h1-2,6-9,15,22H,3,5,10-14H2;/q-1;. The van der Waals surface area contributed by atoms with E-state index >= 15 is 0 Å². The van der Waals surface area contributed by atoms with Crippen LogP contribution in [0.3, 0.4) is 0 Å². The molecule has 5 nitrogen and oxygen atoms in total. The van der Waals surface area contributed by atoms with Crippen LogP contribution in [0, 0.1) is 6.07 Å². The molecule has 3 aromatic rings. The molecule has 0 spiro atoms. The van der Waals surface area contributed by atoms with Crippen LogP contribution in [0.1, 0.15) is 12.0 Å². The largest absolute Gasteiger partial charge is 0.434 e. The molecule has 0 saturated carbocycles. The molecule has 2 aromatic heterocycles. The maximum atomic E-state index is 4.29. The maximum absolute atomic E-state index is 4.29. The summed E-state index contributed by atoms with van der Waals surface area (Å²) in [6.45, 7) is 5.30. The molecule has 1 aliphatic rings. The summed E-state index contributed by atoms with van der Waals surface area (Å²) in [5.74, 6) is 0.826. The van der Waals surface area contributed by atoms with Crippen LogP contribution in [0.2, 0.25) is 0 Å². The van der Waals surface area contributed by atoms with Gasteiger partial charge in [0, 0.05) is 76.0 Å². The zero-order valence-electron chi connectivity index (χ0n) is 14.4. The molecule has 0 aliphatic carbocycles. The molecular weight excluding hydrogens is 387 g/mol. The normalized spacial score (nSPS) is 15.3. The molecule has 0 bridgehead atoms. The monoisotopic (exact) mass is 409 g/mol.